The molecule has 1 atom stereocenters. The number of hydrogen-bond acceptors (Lipinski definition) is 1. The van der Waals surface area contributed by atoms with Crippen molar-refractivity contribution >= 4 is 0 Å². The van der Waals surface area contributed by atoms with Gasteiger partial charge in [-0.3, -0.25) is 0 Å². The van der Waals surface area contributed by atoms with E-state index in [4.69, 9.17) is 0 Å². The van der Waals surface area contributed by atoms with Gasteiger partial charge in [-0.2, -0.15) is 0 Å². The Balaban J connectivity index is 2.14. The van der Waals surface area contributed by atoms with E-state index in [2.05, 4.69) is 5.32 Å². The van der Waals surface area contributed by atoms with Crippen LogP contribution in [0.2, 0.25) is 0 Å². The lowest BCUT2D eigenvalue weighted by molar-refractivity contribution is 0.239. The third-order valence-corrected chi connectivity index (χ3v) is 3.16. The van der Waals surface area contributed by atoms with Crippen molar-refractivity contribution in [1.82, 2.24) is 5.32 Å². The normalized spacial score (nSPS) is 19.0. The maximum absolute atomic E-state index is 12.7. The predicted molar refractivity (Wildman–Crippen MR) is 55.5 cm³/mol. The van der Waals surface area contributed by atoms with E-state index >= 15 is 0 Å². The highest BCUT2D eigenvalue weighted by atomic mass is 19.1. The van der Waals surface area contributed by atoms with Gasteiger partial charge in [-0.15, -0.1) is 0 Å². The highest BCUT2D eigenvalue weighted by molar-refractivity contribution is 5.21. The second-order valence-corrected chi connectivity index (χ2v) is 4.01. The Bertz CT molecular complexity index is 290. The molecule has 1 aliphatic carbocycles. The van der Waals surface area contributed by atoms with Gasteiger partial charge in [0.1, 0.15) is 5.82 Å². The lowest BCUT2D eigenvalue weighted by atomic mass is 9.77. The van der Waals surface area contributed by atoms with E-state index in [0.29, 0.717) is 6.04 Å². The van der Waals surface area contributed by atoms with Crippen molar-refractivity contribution in [3.05, 3.63) is 35.6 Å². The van der Waals surface area contributed by atoms with E-state index in [-0.39, 0.29) is 5.82 Å². The first-order chi connectivity index (χ1) is 6.81. The van der Waals surface area contributed by atoms with Crippen molar-refractivity contribution in [3.63, 3.8) is 0 Å². The molecule has 1 aromatic rings. The van der Waals surface area contributed by atoms with Crippen LogP contribution in [0, 0.1) is 11.7 Å². The second-order valence-electron chi connectivity index (χ2n) is 4.01. The molecule has 0 radical (unpaired) electrons. The molecule has 0 heterocycles. The number of rotatable bonds is 3. The summed E-state index contributed by atoms with van der Waals surface area (Å²) < 4.78 is 12.7. The largest absolute Gasteiger partial charge is 0.313 e. The third kappa shape index (κ3) is 1.80. The van der Waals surface area contributed by atoms with E-state index in [1.54, 1.807) is 12.1 Å². The molecule has 2 rings (SSSR count). The minimum atomic E-state index is -0.155. The lowest BCUT2D eigenvalue weighted by Crippen LogP contribution is -2.29. The predicted octanol–water partition coefficient (Wildman–Crippen LogP) is 2.89. The van der Waals surface area contributed by atoms with Crippen LogP contribution in [0.15, 0.2) is 24.3 Å². The van der Waals surface area contributed by atoms with Crippen molar-refractivity contribution < 1.29 is 4.39 Å². The summed E-state index contributed by atoms with van der Waals surface area (Å²) in [5.41, 5.74) is 1.21. The summed E-state index contributed by atoms with van der Waals surface area (Å²) in [7, 11) is 1.98. The van der Waals surface area contributed by atoms with E-state index in [1.807, 2.05) is 19.2 Å². The van der Waals surface area contributed by atoms with Crippen LogP contribution in [0.5, 0.6) is 0 Å². The molecule has 1 aromatic carbocycles. The van der Waals surface area contributed by atoms with Gasteiger partial charge in [-0.05, 0) is 43.5 Å². The minimum Gasteiger partial charge on any atom is -0.313 e. The lowest BCUT2D eigenvalue weighted by Gasteiger charge is -2.33. The van der Waals surface area contributed by atoms with Crippen molar-refractivity contribution in [1.29, 1.82) is 0 Å². The highest BCUT2D eigenvalue weighted by Gasteiger charge is 2.26. The molecule has 1 N–H and O–H groups in total. The molecule has 0 saturated heterocycles. The van der Waals surface area contributed by atoms with E-state index in [0.717, 1.165) is 5.92 Å². The Morgan fingerprint density at radius 2 is 1.93 bits per heavy atom. The average Bonchev–Trinajstić information content (AvgIpc) is 2.13. The van der Waals surface area contributed by atoms with Crippen LogP contribution in [0.1, 0.15) is 30.9 Å². The van der Waals surface area contributed by atoms with Crippen molar-refractivity contribution in [2.75, 3.05) is 7.05 Å². The zero-order chi connectivity index (χ0) is 9.97. The summed E-state index contributed by atoms with van der Waals surface area (Å²) in [6.07, 6.45) is 3.93. The van der Waals surface area contributed by atoms with Crippen LogP contribution in [0.4, 0.5) is 4.39 Å². The molecule has 0 spiro atoms. The summed E-state index contributed by atoms with van der Waals surface area (Å²) in [6, 6.07) is 7.25. The fourth-order valence-corrected chi connectivity index (χ4v) is 2.12. The van der Waals surface area contributed by atoms with E-state index < -0.39 is 0 Å². The van der Waals surface area contributed by atoms with Crippen LogP contribution in [-0.4, -0.2) is 7.05 Å². The summed E-state index contributed by atoms with van der Waals surface area (Å²) >= 11 is 0. The molecular weight excluding hydrogens is 177 g/mol. The molecule has 0 amide bonds. The molecule has 0 aromatic heterocycles. The Morgan fingerprint density at radius 3 is 2.36 bits per heavy atom. The van der Waals surface area contributed by atoms with Crippen molar-refractivity contribution in [2.45, 2.75) is 25.3 Å². The van der Waals surface area contributed by atoms with Crippen molar-refractivity contribution in [2.24, 2.45) is 5.92 Å². The van der Waals surface area contributed by atoms with Gasteiger partial charge in [0, 0.05) is 6.04 Å². The molecule has 1 fully saturated rings. The maximum Gasteiger partial charge on any atom is 0.123 e. The standard InChI is InChI=1S/C12H16FN/c1-14-12(9-3-2-4-9)10-5-7-11(13)8-6-10/h5-9,12,14H,2-4H2,1H3. The van der Waals surface area contributed by atoms with Gasteiger partial charge in [0.15, 0.2) is 0 Å². The zero-order valence-electron chi connectivity index (χ0n) is 8.46. The van der Waals surface area contributed by atoms with Gasteiger partial charge >= 0.3 is 0 Å². The molecule has 0 bridgehead atoms. The topological polar surface area (TPSA) is 12.0 Å². The Kier molecular flexibility index (Phi) is 2.82. The molecule has 2 heteroatoms. The quantitative estimate of drug-likeness (QED) is 0.778. The van der Waals surface area contributed by atoms with Gasteiger partial charge < -0.3 is 5.32 Å². The summed E-state index contributed by atoms with van der Waals surface area (Å²) in [6.45, 7) is 0. The van der Waals surface area contributed by atoms with Crippen LogP contribution < -0.4 is 5.32 Å². The van der Waals surface area contributed by atoms with Crippen molar-refractivity contribution in [3.8, 4) is 0 Å². The van der Waals surface area contributed by atoms with Crippen LogP contribution >= 0.6 is 0 Å². The molecule has 14 heavy (non-hydrogen) atoms. The fourth-order valence-electron chi connectivity index (χ4n) is 2.12. The van der Waals surface area contributed by atoms with Gasteiger partial charge in [-0.1, -0.05) is 18.6 Å². The smallest absolute Gasteiger partial charge is 0.123 e. The number of hydrogen-bond donors (Lipinski definition) is 1. The minimum absolute atomic E-state index is 0.155. The zero-order valence-corrected chi connectivity index (χ0v) is 8.46. The summed E-state index contributed by atoms with van der Waals surface area (Å²) in [5, 5.41) is 3.32. The average molecular weight is 193 g/mol. The SMILES string of the molecule is CNC(c1ccc(F)cc1)C1CCC1. The van der Waals surface area contributed by atoms with Crippen LogP contribution in [-0.2, 0) is 0 Å². The second kappa shape index (κ2) is 4.09. The molecule has 76 valence electrons. The van der Waals surface area contributed by atoms with Gasteiger partial charge in [0.2, 0.25) is 0 Å². The molecular formula is C12H16FN. The van der Waals surface area contributed by atoms with E-state index in [1.165, 1.54) is 24.8 Å². The highest BCUT2D eigenvalue weighted by Crippen LogP contribution is 2.37. The Morgan fingerprint density at radius 1 is 1.29 bits per heavy atom. The van der Waals surface area contributed by atoms with Gasteiger partial charge in [0.05, 0.1) is 0 Å². The van der Waals surface area contributed by atoms with Crippen LogP contribution in [0.3, 0.4) is 0 Å². The monoisotopic (exact) mass is 193 g/mol. The first-order valence-electron chi connectivity index (χ1n) is 5.24. The number of benzene rings is 1. The van der Waals surface area contributed by atoms with Gasteiger partial charge in [-0.25, -0.2) is 4.39 Å². The first kappa shape index (κ1) is 9.66. The summed E-state index contributed by atoms with van der Waals surface area (Å²) in [4.78, 5) is 0. The first-order valence-corrected chi connectivity index (χ1v) is 5.24. The number of halogens is 1. The third-order valence-electron chi connectivity index (χ3n) is 3.16. The molecule has 1 aliphatic rings. The molecule has 0 aliphatic heterocycles. The molecule has 1 saturated carbocycles. The molecule has 1 unspecified atom stereocenters. The van der Waals surface area contributed by atoms with Crippen LogP contribution in [0.25, 0.3) is 0 Å². The Labute approximate surface area is 84.3 Å². The fraction of sp³-hybridized carbons (Fsp3) is 0.500. The Hall–Kier alpha value is -0.890. The van der Waals surface area contributed by atoms with E-state index in [9.17, 15) is 4.39 Å². The number of nitrogens with one attached hydrogen (secondary N) is 1. The molecule has 1 nitrogen and oxygen atoms in total. The van der Waals surface area contributed by atoms with Gasteiger partial charge in [0.25, 0.3) is 0 Å². The summed E-state index contributed by atoms with van der Waals surface area (Å²) in [5.74, 6) is 0.586. The maximum atomic E-state index is 12.7.